The Kier molecular flexibility index (Phi) is 6.11. The summed E-state index contributed by atoms with van der Waals surface area (Å²) < 4.78 is 6.26. The van der Waals surface area contributed by atoms with Gasteiger partial charge in [0.2, 0.25) is 11.8 Å². The number of carboxylic acid groups (broad SMARTS) is 1. The molecule has 0 saturated carbocycles. The molecule has 0 aromatic heterocycles. The summed E-state index contributed by atoms with van der Waals surface area (Å²) in [4.78, 5) is 35.4. The monoisotopic (exact) mass is 362 g/mol. The Morgan fingerprint density at radius 3 is 2.42 bits per heavy atom. The zero-order valence-electron chi connectivity index (χ0n) is 15.4. The molecule has 0 radical (unpaired) electrons. The minimum atomic E-state index is -1.27. The molecule has 0 aromatic rings. The second-order valence-corrected chi connectivity index (χ2v) is 8.88. The van der Waals surface area contributed by atoms with E-state index in [0.717, 1.165) is 5.75 Å². The fourth-order valence-corrected chi connectivity index (χ4v) is 4.29. The van der Waals surface area contributed by atoms with Crippen molar-refractivity contribution in [2.24, 2.45) is 11.1 Å². The first kappa shape index (κ1) is 19.0. The average molecular weight is 362 g/mol. The summed E-state index contributed by atoms with van der Waals surface area (Å²) in [6.07, 6.45) is -0.492. The van der Waals surface area contributed by atoms with Crippen molar-refractivity contribution in [2.75, 3.05) is 12.4 Å². The molecule has 1 unspecified atom stereocenters. The van der Waals surface area contributed by atoms with Crippen LogP contribution in [0.4, 0.5) is 0 Å². The van der Waals surface area contributed by atoms with Crippen molar-refractivity contribution in [2.45, 2.75) is 57.0 Å². The number of hydrogen-bond donors (Lipinski definition) is 5. The molecule has 9 heteroatoms. The molecule has 8 nitrogen and oxygen atoms in total. The lowest BCUT2D eigenvalue weighted by Gasteiger charge is -2.35. The van der Waals surface area contributed by atoms with E-state index >= 15 is 0 Å². The van der Waals surface area contributed by atoms with Crippen LogP contribution in [0.3, 0.4) is 0 Å². The second-order valence-electron chi connectivity index (χ2n) is 7.25. The van der Waals surface area contributed by atoms with Gasteiger partial charge in [0.15, 0.2) is 0 Å². The molecule has 0 bridgehead atoms. The first-order valence-electron chi connectivity index (χ1n) is 8.12. The third kappa shape index (κ3) is 5.09. The zero-order valence-corrected chi connectivity index (χ0v) is 15.2. The topological polar surface area (TPSA) is 142 Å². The van der Waals surface area contributed by atoms with Gasteiger partial charge in [-0.3, -0.25) is 14.4 Å². The van der Waals surface area contributed by atoms with Gasteiger partial charge in [0, 0.05) is 16.5 Å². The van der Waals surface area contributed by atoms with E-state index in [1.54, 1.807) is 11.8 Å². The molecule has 1 heterocycles. The first-order chi connectivity index (χ1) is 11.4. The fraction of sp³-hybridized carbons (Fsp3) is 0.800. The van der Waals surface area contributed by atoms with E-state index in [1.165, 1.54) is 0 Å². The number of nitrogens with one attached hydrogen (secondary N) is 2. The number of aliphatic hydroxyl groups excluding tert-OH is 1. The number of carboxylic acids is 1. The van der Waals surface area contributed by atoms with Crippen LogP contribution in [0, 0.1) is 5.41 Å². The summed E-state index contributed by atoms with van der Waals surface area (Å²) in [7, 11) is 0. The third-order valence-corrected chi connectivity index (χ3v) is 5.99. The maximum absolute atomic E-state index is 12.5. The van der Waals surface area contributed by atoms with Gasteiger partial charge in [-0.1, -0.05) is 13.8 Å². The number of rotatable bonds is 7. The largest absolute Gasteiger partial charge is 0.481 e. The molecule has 0 spiro atoms. The Balaban J connectivity index is 2.71. The number of nitrogens with two attached hydrogens (primary N) is 1. The van der Waals surface area contributed by atoms with Crippen molar-refractivity contribution in [3.63, 3.8) is 0 Å². The molecule has 0 aromatic carbocycles. The van der Waals surface area contributed by atoms with E-state index in [9.17, 15) is 19.5 Å². The van der Waals surface area contributed by atoms with Crippen molar-refractivity contribution in [3.05, 3.63) is 0 Å². The number of aliphatic hydroxyl groups is 1. The maximum atomic E-state index is 12.5. The van der Waals surface area contributed by atoms with Crippen LogP contribution in [-0.4, -0.2) is 63.2 Å². The van der Waals surface area contributed by atoms with E-state index in [0.29, 0.717) is 0 Å². The van der Waals surface area contributed by atoms with E-state index < -0.39 is 42.9 Å². The van der Waals surface area contributed by atoms with E-state index in [2.05, 4.69) is 29.6 Å². The maximum Gasteiger partial charge on any atom is 0.305 e. The highest BCUT2D eigenvalue weighted by Crippen LogP contribution is 2.47. The molecule has 1 rings (SSSR count). The lowest BCUT2D eigenvalue weighted by atomic mass is 9.80. The highest BCUT2D eigenvalue weighted by Gasteiger charge is 2.49. The van der Waals surface area contributed by atoms with Crippen LogP contribution in [-0.2, 0) is 14.4 Å². The van der Waals surface area contributed by atoms with Gasteiger partial charge < -0.3 is 26.6 Å². The lowest BCUT2D eigenvalue weighted by Crippen LogP contribution is -2.59. The summed E-state index contributed by atoms with van der Waals surface area (Å²) in [6.45, 7) is 7.57. The van der Waals surface area contributed by atoms with Crippen LogP contribution >= 0.6 is 11.8 Å². The molecule has 1 saturated heterocycles. The standard InChI is InChI=1S/C15H27N3O5S/c1-14(2)7-24-15(3,4)13(14)18-12(23)9(6-19)17-11(22)8(16)5-10(20)21/h8-9,13,19H,5-7,16H2,1-4H3,(H,17,22)(H,18,23)(H,20,21)/t8-,9-,13?/m0/s1/i/hD. The molecule has 2 amide bonds. The second kappa shape index (κ2) is 7.71. The third-order valence-electron chi connectivity index (χ3n) is 4.12. The molecule has 0 aliphatic carbocycles. The van der Waals surface area contributed by atoms with Crippen molar-refractivity contribution in [1.82, 2.24) is 10.6 Å². The molecule has 3 atom stereocenters. The molecular formula is C15H27N3O5S. The van der Waals surface area contributed by atoms with Crippen molar-refractivity contribution in [1.29, 1.82) is 1.43 Å². The lowest BCUT2D eigenvalue weighted by molar-refractivity contribution is -0.139. The quantitative estimate of drug-likeness (QED) is 0.403. The average Bonchev–Trinajstić information content (AvgIpc) is 2.74. The van der Waals surface area contributed by atoms with Gasteiger partial charge in [0.05, 0.1) is 19.1 Å². The molecule has 1 aliphatic rings. The zero-order chi connectivity index (χ0) is 19.4. The predicted molar refractivity (Wildman–Crippen MR) is 91.5 cm³/mol. The summed E-state index contributed by atoms with van der Waals surface area (Å²) in [6, 6.07) is -2.59. The normalized spacial score (nSPS) is 24.4. The Hall–Kier alpha value is -1.32. The number of hydrogen-bond acceptors (Lipinski definition) is 7. The van der Waals surface area contributed by atoms with Gasteiger partial charge in [-0.05, 0) is 19.3 Å². The van der Waals surface area contributed by atoms with Crippen LogP contribution in [0.2, 0.25) is 0 Å². The molecule has 1 fully saturated rings. The number of amides is 2. The van der Waals surface area contributed by atoms with Gasteiger partial charge in [-0.15, -0.1) is 0 Å². The minimum absolute atomic E-state index is 0.137. The Morgan fingerprint density at radius 2 is 1.96 bits per heavy atom. The van der Waals surface area contributed by atoms with Crippen molar-refractivity contribution in [3.8, 4) is 0 Å². The number of carbonyl (C=O) groups excluding carboxylic acids is 2. The smallest absolute Gasteiger partial charge is 0.305 e. The summed E-state index contributed by atoms with van der Waals surface area (Å²) >= 11 is 1.75. The van der Waals surface area contributed by atoms with Crippen LogP contribution in [0.1, 0.15) is 34.1 Å². The molecular weight excluding hydrogens is 334 g/mol. The number of carbonyl (C=O) groups is 3. The highest BCUT2D eigenvalue weighted by atomic mass is 32.2. The summed E-state index contributed by atoms with van der Waals surface area (Å²) in [5.41, 5.74) is 5.40. The van der Waals surface area contributed by atoms with Gasteiger partial charge in [-0.25, -0.2) is 0 Å². The molecule has 24 heavy (non-hydrogen) atoms. The first-order valence-corrected chi connectivity index (χ1v) is 8.70. The van der Waals surface area contributed by atoms with Gasteiger partial charge in [-0.2, -0.15) is 11.8 Å². The number of aliphatic carboxylic acids is 1. The van der Waals surface area contributed by atoms with E-state index in [1.807, 2.05) is 13.8 Å². The molecule has 138 valence electrons. The van der Waals surface area contributed by atoms with E-state index in [4.69, 9.17) is 7.16 Å². The highest BCUT2D eigenvalue weighted by molar-refractivity contribution is 8.01. The van der Waals surface area contributed by atoms with Gasteiger partial charge in [0.1, 0.15) is 6.04 Å². The molecule has 1 aliphatic heterocycles. The predicted octanol–water partition coefficient (Wildman–Crippen LogP) is -0.698. The van der Waals surface area contributed by atoms with Gasteiger partial charge >= 0.3 is 5.97 Å². The fourth-order valence-electron chi connectivity index (χ4n) is 2.84. The van der Waals surface area contributed by atoms with E-state index in [-0.39, 0.29) is 16.2 Å². The van der Waals surface area contributed by atoms with Gasteiger partial charge in [0.25, 0.3) is 1.43 Å². The van der Waals surface area contributed by atoms with Crippen LogP contribution in [0.5, 0.6) is 0 Å². The summed E-state index contributed by atoms with van der Waals surface area (Å²) in [5.74, 6) is -1.38. The summed E-state index contributed by atoms with van der Waals surface area (Å²) in [5, 5.41) is 18.4. The Labute approximate surface area is 147 Å². The van der Waals surface area contributed by atoms with Crippen molar-refractivity contribution < 1.29 is 24.6 Å². The van der Waals surface area contributed by atoms with Crippen LogP contribution in [0.25, 0.3) is 1.43 Å². The van der Waals surface area contributed by atoms with Crippen LogP contribution < -0.4 is 16.4 Å². The van der Waals surface area contributed by atoms with Crippen LogP contribution in [0.15, 0.2) is 0 Å². The molecule has 6 N–H and O–H groups in total. The van der Waals surface area contributed by atoms with Crippen molar-refractivity contribution >= 4 is 29.5 Å². The number of thioether (sulfide) groups is 1. The Bertz CT molecular complexity index is 513. The Morgan fingerprint density at radius 1 is 1.33 bits per heavy atom. The minimum Gasteiger partial charge on any atom is -0.481 e. The SMILES string of the molecule is [2H]OC(=O)C[C@H](N)C(=O)N[C@@H](CO)C(=O)NC1C(C)(C)CSC1(C)C.